The minimum Gasteiger partial charge on any atom is -0.441 e. The molecule has 0 saturated heterocycles. The van der Waals surface area contributed by atoms with Crippen molar-refractivity contribution in [3.63, 3.8) is 0 Å². The fourth-order valence-corrected chi connectivity index (χ4v) is 2.02. The maximum atomic E-state index is 12.0. The van der Waals surface area contributed by atoms with Crippen LogP contribution in [-0.4, -0.2) is 21.1 Å². The van der Waals surface area contributed by atoms with Gasteiger partial charge in [0.1, 0.15) is 5.76 Å². The summed E-state index contributed by atoms with van der Waals surface area (Å²) in [6.07, 6.45) is 0. The number of aromatic nitrogens is 3. The van der Waals surface area contributed by atoms with Crippen LogP contribution in [-0.2, 0) is 0 Å². The summed E-state index contributed by atoms with van der Waals surface area (Å²) in [4.78, 5) is 16.4. The third-order valence-corrected chi connectivity index (χ3v) is 3.36. The molecule has 6 nitrogen and oxygen atoms in total. The van der Waals surface area contributed by atoms with Crippen LogP contribution >= 0.6 is 0 Å². The third kappa shape index (κ3) is 2.76. The van der Waals surface area contributed by atoms with E-state index in [0.717, 1.165) is 22.7 Å². The Hall–Kier alpha value is -2.89. The van der Waals surface area contributed by atoms with Crippen molar-refractivity contribution in [3.8, 4) is 11.5 Å². The van der Waals surface area contributed by atoms with Gasteiger partial charge in [-0.05, 0) is 51.1 Å². The van der Waals surface area contributed by atoms with Gasteiger partial charge in [0.2, 0.25) is 5.89 Å². The van der Waals surface area contributed by atoms with Gasteiger partial charge < -0.3 is 9.73 Å². The minimum atomic E-state index is -0.250. The highest BCUT2D eigenvalue weighted by molar-refractivity contribution is 6.02. The summed E-state index contributed by atoms with van der Waals surface area (Å²) in [7, 11) is 0. The van der Waals surface area contributed by atoms with E-state index < -0.39 is 0 Å². The lowest BCUT2D eigenvalue weighted by atomic mass is 10.2. The summed E-state index contributed by atoms with van der Waals surface area (Å²) >= 11 is 0. The summed E-state index contributed by atoms with van der Waals surface area (Å²) in [6.45, 7) is 5.63. The number of nitrogens with one attached hydrogen (secondary N) is 2. The molecule has 0 bridgehead atoms. The quantitative estimate of drug-likeness (QED) is 0.777. The Morgan fingerprint density at radius 1 is 1.18 bits per heavy atom. The average Bonchev–Trinajstić information content (AvgIpc) is 3.07. The molecule has 1 aromatic carbocycles. The van der Waals surface area contributed by atoms with Gasteiger partial charge in [-0.3, -0.25) is 9.89 Å². The highest BCUT2D eigenvalue weighted by Gasteiger charge is 2.11. The van der Waals surface area contributed by atoms with Crippen LogP contribution in [0.4, 0.5) is 5.69 Å². The molecule has 3 rings (SSSR count). The Morgan fingerprint density at radius 3 is 2.45 bits per heavy atom. The van der Waals surface area contributed by atoms with E-state index in [2.05, 4.69) is 20.5 Å². The topological polar surface area (TPSA) is 83.8 Å². The summed E-state index contributed by atoms with van der Waals surface area (Å²) in [5.41, 5.74) is 3.64. The third-order valence-electron chi connectivity index (χ3n) is 3.36. The summed E-state index contributed by atoms with van der Waals surface area (Å²) in [5.74, 6) is 1.14. The second-order valence-electron chi connectivity index (χ2n) is 5.13. The molecule has 0 radical (unpaired) electrons. The molecule has 0 atom stereocenters. The van der Waals surface area contributed by atoms with Gasteiger partial charge in [0.05, 0.1) is 5.69 Å². The van der Waals surface area contributed by atoms with Gasteiger partial charge in [0.15, 0.2) is 5.69 Å². The summed E-state index contributed by atoms with van der Waals surface area (Å²) in [5, 5.41) is 9.46. The van der Waals surface area contributed by atoms with Crippen LogP contribution in [0, 0.1) is 20.8 Å². The molecule has 0 saturated carbocycles. The van der Waals surface area contributed by atoms with Crippen molar-refractivity contribution in [2.75, 3.05) is 5.32 Å². The molecule has 0 fully saturated rings. The number of hydrogen-bond donors (Lipinski definition) is 2. The Bertz CT molecular complexity index is 796. The van der Waals surface area contributed by atoms with E-state index in [1.165, 1.54) is 0 Å². The van der Waals surface area contributed by atoms with E-state index in [9.17, 15) is 4.79 Å². The first-order valence-corrected chi connectivity index (χ1v) is 6.91. The first-order valence-electron chi connectivity index (χ1n) is 6.91. The van der Waals surface area contributed by atoms with E-state index in [1.807, 2.05) is 45.0 Å². The number of H-pyrrole nitrogens is 1. The number of oxazole rings is 1. The molecule has 0 aliphatic carbocycles. The molecule has 0 spiro atoms. The molecule has 1 amide bonds. The molecule has 0 aliphatic heterocycles. The molecule has 3 aromatic rings. The second kappa shape index (κ2) is 5.48. The first kappa shape index (κ1) is 14.1. The van der Waals surface area contributed by atoms with Crippen molar-refractivity contribution in [2.24, 2.45) is 0 Å². The number of aryl methyl sites for hydroxylation is 3. The monoisotopic (exact) mass is 296 g/mol. The fourth-order valence-electron chi connectivity index (χ4n) is 2.02. The lowest BCUT2D eigenvalue weighted by Crippen LogP contribution is -2.12. The van der Waals surface area contributed by atoms with E-state index in [1.54, 1.807) is 6.07 Å². The van der Waals surface area contributed by atoms with Crippen molar-refractivity contribution < 1.29 is 9.21 Å². The van der Waals surface area contributed by atoms with Crippen LogP contribution < -0.4 is 5.32 Å². The molecule has 2 heterocycles. The van der Waals surface area contributed by atoms with Crippen molar-refractivity contribution in [1.82, 2.24) is 15.2 Å². The first-order chi connectivity index (χ1) is 10.5. The summed E-state index contributed by atoms with van der Waals surface area (Å²) in [6, 6.07) is 9.03. The zero-order chi connectivity index (χ0) is 15.7. The predicted octanol–water partition coefficient (Wildman–Crippen LogP) is 3.24. The Morgan fingerprint density at radius 2 is 1.91 bits per heavy atom. The summed E-state index contributed by atoms with van der Waals surface area (Å²) < 4.78 is 5.58. The van der Waals surface area contributed by atoms with Crippen LogP contribution in [0.1, 0.15) is 27.6 Å². The molecule has 0 aliphatic rings. The number of benzene rings is 1. The van der Waals surface area contributed by atoms with E-state index in [0.29, 0.717) is 17.3 Å². The van der Waals surface area contributed by atoms with Crippen molar-refractivity contribution in [3.05, 3.63) is 53.2 Å². The molecule has 2 aromatic heterocycles. The largest absolute Gasteiger partial charge is 0.441 e. The minimum absolute atomic E-state index is 0.250. The van der Waals surface area contributed by atoms with Gasteiger partial charge in [0.25, 0.3) is 5.91 Å². The second-order valence-corrected chi connectivity index (χ2v) is 5.13. The van der Waals surface area contributed by atoms with Gasteiger partial charge in [-0.2, -0.15) is 5.10 Å². The number of carbonyl (C=O) groups is 1. The predicted molar refractivity (Wildman–Crippen MR) is 82.7 cm³/mol. The number of rotatable bonds is 3. The lowest BCUT2D eigenvalue weighted by molar-refractivity contribution is 0.102. The lowest BCUT2D eigenvalue weighted by Gasteiger charge is -2.03. The van der Waals surface area contributed by atoms with Crippen LogP contribution in [0.3, 0.4) is 0 Å². The maximum Gasteiger partial charge on any atom is 0.276 e. The fraction of sp³-hybridized carbons (Fsp3) is 0.188. The highest BCUT2D eigenvalue weighted by atomic mass is 16.4. The Labute approximate surface area is 127 Å². The van der Waals surface area contributed by atoms with E-state index >= 15 is 0 Å². The Balaban J connectivity index is 1.75. The zero-order valence-electron chi connectivity index (χ0n) is 12.6. The molecule has 0 unspecified atom stereocenters. The molecular weight excluding hydrogens is 280 g/mol. The van der Waals surface area contributed by atoms with E-state index in [4.69, 9.17) is 4.42 Å². The van der Waals surface area contributed by atoms with Crippen LogP contribution in [0.5, 0.6) is 0 Å². The SMILES string of the molecule is Cc1cc(C(=O)Nc2ccc(-c3nc(C)c(C)o3)cc2)n[nH]1. The van der Waals surface area contributed by atoms with Crippen molar-refractivity contribution >= 4 is 11.6 Å². The van der Waals surface area contributed by atoms with Crippen LogP contribution in [0.2, 0.25) is 0 Å². The normalized spacial score (nSPS) is 10.7. The van der Waals surface area contributed by atoms with Gasteiger partial charge in [0, 0.05) is 16.9 Å². The van der Waals surface area contributed by atoms with Crippen LogP contribution in [0.25, 0.3) is 11.5 Å². The van der Waals surface area contributed by atoms with Gasteiger partial charge in [-0.15, -0.1) is 0 Å². The number of hydrogen-bond acceptors (Lipinski definition) is 4. The van der Waals surface area contributed by atoms with Gasteiger partial charge in [-0.25, -0.2) is 4.98 Å². The number of amides is 1. The van der Waals surface area contributed by atoms with Crippen molar-refractivity contribution in [1.29, 1.82) is 0 Å². The van der Waals surface area contributed by atoms with Crippen molar-refractivity contribution in [2.45, 2.75) is 20.8 Å². The number of aromatic amines is 1. The number of anilines is 1. The standard InChI is InChI=1S/C16H16N4O2/c1-9-8-14(20-19-9)15(21)18-13-6-4-12(5-7-13)16-17-10(2)11(3)22-16/h4-8H,1-3H3,(H,18,21)(H,19,20). The molecule has 2 N–H and O–H groups in total. The molecule has 112 valence electrons. The van der Waals surface area contributed by atoms with Crippen LogP contribution in [0.15, 0.2) is 34.7 Å². The number of carbonyl (C=O) groups excluding carboxylic acids is 1. The molecule has 6 heteroatoms. The average molecular weight is 296 g/mol. The molecule has 22 heavy (non-hydrogen) atoms. The Kier molecular flexibility index (Phi) is 3.50. The van der Waals surface area contributed by atoms with E-state index in [-0.39, 0.29) is 5.91 Å². The van der Waals surface area contributed by atoms with Gasteiger partial charge in [-0.1, -0.05) is 0 Å². The zero-order valence-corrected chi connectivity index (χ0v) is 12.6. The smallest absolute Gasteiger partial charge is 0.276 e. The maximum absolute atomic E-state index is 12.0. The molecular formula is C16H16N4O2. The highest BCUT2D eigenvalue weighted by Crippen LogP contribution is 2.23. The van der Waals surface area contributed by atoms with Gasteiger partial charge >= 0.3 is 0 Å². The number of nitrogens with zero attached hydrogens (tertiary/aromatic N) is 2.